The van der Waals surface area contributed by atoms with Gasteiger partial charge in [-0.15, -0.1) is 0 Å². The number of benzene rings is 1. The molecular weight excluding hydrogens is 284 g/mol. The molecule has 0 spiro atoms. The number of aliphatic hydroxyl groups is 1. The highest BCUT2D eigenvalue weighted by Crippen LogP contribution is 2.25. The van der Waals surface area contributed by atoms with Crippen LogP contribution in [0.15, 0.2) is 18.2 Å². The molecule has 1 atom stereocenters. The van der Waals surface area contributed by atoms with E-state index in [0.717, 1.165) is 0 Å². The van der Waals surface area contributed by atoms with Gasteiger partial charge in [0, 0.05) is 18.7 Å². The van der Waals surface area contributed by atoms with Crippen LogP contribution >= 0.6 is 0 Å². The van der Waals surface area contributed by atoms with Gasteiger partial charge in [-0.05, 0) is 17.9 Å². The molecule has 0 aliphatic heterocycles. The fourth-order valence-electron chi connectivity index (χ4n) is 2.50. The molecule has 22 heavy (non-hydrogen) atoms. The van der Waals surface area contributed by atoms with Gasteiger partial charge in [-0.2, -0.15) is 0 Å². The third-order valence-corrected chi connectivity index (χ3v) is 3.99. The van der Waals surface area contributed by atoms with Crippen LogP contribution in [0.25, 0.3) is 0 Å². The fourth-order valence-corrected chi connectivity index (χ4v) is 2.50. The number of amides is 1. The van der Waals surface area contributed by atoms with E-state index in [4.69, 9.17) is 0 Å². The van der Waals surface area contributed by atoms with Crippen molar-refractivity contribution in [2.75, 3.05) is 13.7 Å². The first-order valence-electron chi connectivity index (χ1n) is 7.19. The Morgan fingerprint density at radius 2 is 2.00 bits per heavy atom. The lowest BCUT2D eigenvalue weighted by molar-refractivity contribution is -0.385. The Hall–Kier alpha value is -1.95. The zero-order valence-electron chi connectivity index (χ0n) is 13.8. The van der Waals surface area contributed by atoms with Crippen LogP contribution in [-0.4, -0.2) is 40.5 Å². The quantitative estimate of drug-likeness (QED) is 0.668. The maximum absolute atomic E-state index is 12.4. The third kappa shape index (κ3) is 4.04. The molecule has 0 aliphatic rings. The highest BCUT2D eigenvalue weighted by Gasteiger charge is 2.30. The highest BCUT2D eigenvalue weighted by atomic mass is 16.6. The molecule has 1 N–H and O–H groups in total. The molecule has 0 aromatic heterocycles. The largest absolute Gasteiger partial charge is 0.394 e. The summed E-state index contributed by atoms with van der Waals surface area (Å²) in [6, 6.07) is 4.43. The maximum atomic E-state index is 12.4. The molecular formula is C16H24N2O4. The predicted octanol–water partition coefficient (Wildman–Crippen LogP) is 2.31. The van der Waals surface area contributed by atoms with E-state index in [1.807, 2.05) is 20.8 Å². The average Bonchev–Trinajstić information content (AvgIpc) is 2.39. The zero-order valence-corrected chi connectivity index (χ0v) is 13.8. The van der Waals surface area contributed by atoms with Crippen molar-refractivity contribution in [3.8, 4) is 0 Å². The summed E-state index contributed by atoms with van der Waals surface area (Å²) in [7, 11) is 1.65. The fraction of sp³-hybridized carbons (Fsp3) is 0.562. The molecule has 1 aromatic carbocycles. The number of carbonyl (C=O) groups excluding carboxylic acids is 1. The molecule has 1 amide bonds. The first kappa shape index (κ1) is 18.1. The first-order valence-corrected chi connectivity index (χ1v) is 7.19. The molecule has 1 rings (SSSR count). The number of aliphatic hydroxyl groups excluding tert-OH is 1. The van der Waals surface area contributed by atoms with Crippen molar-refractivity contribution in [3.63, 3.8) is 0 Å². The molecule has 122 valence electrons. The lowest BCUT2D eigenvalue weighted by atomic mass is 9.86. The highest BCUT2D eigenvalue weighted by molar-refractivity contribution is 5.79. The molecule has 0 saturated heterocycles. The second-order valence-corrected chi connectivity index (χ2v) is 6.56. The van der Waals surface area contributed by atoms with E-state index in [1.165, 1.54) is 11.0 Å². The summed E-state index contributed by atoms with van der Waals surface area (Å²) in [5.74, 6) is -0.169. The number of nitro groups is 1. The van der Waals surface area contributed by atoms with Gasteiger partial charge in [0.1, 0.15) is 0 Å². The minimum absolute atomic E-state index is 0.0162. The summed E-state index contributed by atoms with van der Waals surface area (Å²) >= 11 is 0. The minimum atomic E-state index is -0.446. The van der Waals surface area contributed by atoms with Crippen LogP contribution < -0.4 is 0 Å². The molecule has 0 radical (unpaired) electrons. The second kappa shape index (κ2) is 6.87. The van der Waals surface area contributed by atoms with Crippen molar-refractivity contribution in [2.24, 2.45) is 5.41 Å². The van der Waals surface area contributed by atoms with Crippen molar-refractivity contribution >= 4 is 11.6 Å². The SMILES string of the molecule is Cc1c(CC(=O)N(C)C(CO)C(C)(C)C)cccc1[N+](=O)[O-]. The van der Waals surface area contributed by atoms with Crippen LogP contribution in [0.2, 0.25) is 0 Å². The Bertz CT molecular complexity index is 564. The number of carbonyl (C=O) groups is 1. The topological polar surface area (TPSA) is 83.7 Å². The van der Waals surface area contributed by atoms with Crippen molar-refractivity contribution in [1.82, 2.24) is 4.90 Å². The molecule has 6 heteroatoms. The van der Waals surface area contributed by atoms with Crippen LogP contribution in [0, 0.1) is 22.5 Å². The van der Waals surface area contributed by atoms with Crippen LogP contribution in [0.4, 0.5) is 5.69 Å². The van der Waals surface area contributed by atoms with Crippen LogP contribution in [-0.2, 0) is 11.2 Å². The van der Waals surface area contributed by atoms with E-state index in [0.29, 0.717) is 11.1 Å². The van der Waals surface area contributed by atoms with Crippen molar-refractivity contribution < 1.29 is 14.8 Å². The minimum Gasteiger partial charge on any atom is -0.394 e. The molecule has 0 saturated carbocycles. The van der Waals surface area contributed by atoms with Gasteiger partial charge in [-0.1, -0.05) is 32.9 Å². The lowest BCUT2D eigenvalue weighted by Gasteiger charge is -2.37. The first-order chi connectivity index (χ1) is 10.1. The number of rotatable bonds is 5. The van der Waals surface area contributed by atoms with E-state index in [2.05, 4.69) is 0 Å². The zero-order chi connectivity index (χ0) is 17.1. The van der Waals surface area contributed by atoms with Gasteiger partial charge in [-0.25, -0.2) is 0 Å². The third-order valence-electron chi connectivity index (χ3n) is 3.99. The van der Waals surface area contributed by atoms with Crippen LogP contribution in [0.3, 0.4) is 0 Å². The molecule has 0 fully saturated rings. The summed E-state index contributed by atoms with van der Waals surface area (Å²) in [5.41, 5.74) is 0.904. The maximum Gasteiger partial charge on any atom is 0.272 e. The van der Waals surface area contributed by atoms with Gasteiger partial charge in [-0.3, -0.25) is 14.9 Å². The normalized spacial score (nSPS) is 12.8. The van der Waals surface area contributed by atoms with E-state index in [9.17, 15) is 20.0 Å². The monoisotopic (exact) mass is 308 g/mol. The summed E-state index contributed by atoms with van der Waals surface area (Å²) in [6.07, 6.45) is 0.0800. The average molecular weight is 308 g/mol. The van der Waals surface area contributed by atoms with Crippen LogP contribution in [0.1, 0.15) is 31.9 Å². The standard InChI is InChI=1S/C16H24N2O4/c1-11-12(7-6-8-13(11)18(21)22)9-15(20)17(5)14(10-19)16(2,3)4/h6-8,14,19H,9-10H2,1-5H3. The number of nitrogens with zero attached hydrogens (tertiary/aromatic N) is 2. The summed E-state index contributed by atoms with van der Waals surface area (Å²) in [5, 5.41) is 20.5. The van der Waals surface area contributed by atoms with Gasteiger partial charge in [0.15, 0.2) is 0 Å². The smallest absolute Gasteiger partial charge is 0.272 e. The van der Waals surface area contributed by atoms with Gasteiger partial charge in [0.2, 0.25) is 5.91 Å². The summed E-state index contributed by atoms with van der Waals surface area (Å²) < 4.78 is 0. The number of hydrogen-bond donors (Lipinski definition) is 1. The summed E-state index contributed by atoms with van der Waals surface area (Å²) in [6.45, 7) is 7.39. The Morgan fingerprint density at radius 3 is 2.45 bits per heavy atom. The van der Waals surface area contributed by atoms with E-state index in [-0.39, 0.29) is 36.1 Å². The molecule has 0 bridgehead atoms. The number of hydrogen-bond acceptors (Lipinski definition) is 4. The molecule has 6 nitrogen and oxygen atoms in total. The van der Waals surface area contributed by atoms with Gasteiger partial charge in [0.05, 0.1) is 24.0 Å². The molecule has 0 aliphatic carbocycles. The molecule has 1 aromatic rings. The van der Waals surface area contributed by atoms with Crippen LogP contribution in [0.5, 0.6) is 0 Å². The molecule has 0 heterocycles. The Morgan fingerprint density at radius 1 is 1.41 bits per heavy atom. The Labute approximate surface area is 130 Å². The molecule has 1 unspecified atom stereocenters. The van der Waals surface area contributed by atoms with E-state index >= 15 is 0 Å². The number of likely N-dealkylation sites (N-methyl/N-ethyl adjacent to an activating group) is 1. The van der Waals surface area contributed by atoms with Gasteiger partial charge < -0.3 is 10.0 Å². The van der Waals surface area contributed by atoms with Crippen molar-refractivity contribution in [2.45, 2.75) is 40.2 Å². The summed E-state index contributed by atoms with van der Waals surface area (Å²) in [4.78, 5) is 24.5. The number of nitro benzene ring substituents is 1. The van der Waals surface area contributed by atoms with Crippen molar-refractivity contribution in [3.05, 3.63) is 39.4 Å². The van der Waals surface area contributed by atoms with E-state index < -0.39 is 4.92 Å². The lowest BCUT2D eigenvalue weighted by Crippen LogP contribution is -2.47. The van der Waals surface area contributed by atoms with Crippen molar-refractivity contribution in [1.29, 1.82) is 0 Å². The van der Waals surface area contributed by atoms with Gasteiger partial charge >= 0.3 is 0 Å². The second-order valence-electron chi connectivity index (χ2n) is 6.56. The Balaban J connectivity index is 2.98. The van der Waals surface area contributed by atoms with E-state index in [1.54, 1.807) is 26.1 Å². The Kier molecular flexibility index (Phi) is 5.65. The predicted molar refractivity (Wildman–Crippen MR) is 84.6 cm³/mol. The van der Waals surface area contributed by atoms with Gasteiger partial charge in [0.25, 0.3) is 5.69 Å².